The van der Waals surface area contributed by atoms with Gasteiger partial charge in [-0.05, 0) is 31.2 Å². The number of aromatic nitrogens is 1. The highest BCUT2D eigenvalue weighted by Crippen LogP contribution is 2.16. The minimum Gasteiger partial charge on any atom is -0.267 e. The number of carbonyl (C=O) groups excluding carboxylic acids is 2. The van der Waals surface area contributed by atoms with Crippen LogP contribution in [0.4, 0.5) is 9.18 Å². The third kappa shape index (κ3) is 5.54. The molecule has 114 valence electrons. The Balaban J connectivity index is 0.000000745. The molecule has 0 unspecified atom stereocenters. The van der Waals surface area contributed by atoms with Crippen molar-refractivity contribution in [3.05, 3.63) is 66.9 Å². The first-order chi connectivity index (χ1) is 10.6. The van der Waals surface area contributed by atoms with Crippen LogP contribution in [0, 0.1) is 0 Å². The molecule has 1 aromatic carbocycles. The van der Waals surface area contributed by atoms with Crippen molar-refractivity contribution >= 4 is 12.1 Å². The first kappa shape index (κ1) is 17.0. The number of hydrogen-bond acceptors (Lipinski definition) is 3. The normalized spacial score (nSPS) is 9.00. The van der Waals surface area contributed by atoms with Crippen molar-refractivity contribution in [1.29, 1.82) is 0 Å². The van der Waals surface area contributed by atoms with Gasteiger partial charge < -0.3 is 0 Å². The predicted molar refractivity (Wildman–Crippen MR) is 82.6 cm³/mol. The highest BCUT2D eigenvalue weighted by molar-refractivity contribution is 5.95. The number of halogens is 1. The van der Waals surface area contributed by atoms with E-state index >= 15 is 0 Å². The minimum atomic E-state index is -1.82. The largest absolute Gasteiger partial charge is 0.416 e. The molecule has 0 radical (unpaired) electrons. The fourth-order valence-corrected chi connectivity index (χ4v) is 1.50. The Morgan fingerprint density at radius 2 is 1.77 bits per heavy atom. The lowest BCUT2D eigenvalue weighted by atomic mass is 10.1. The molecule has 1 aromatic heterocycles. The van der Waals surface area contributed by atoms with E-state index in [1.165, 1.54) is 0 Å². The number of hydrazine groups is 1. The van der Waals surface area contributed by atoms with Gasteiger partial charge in [0.2, 0.25) is 0 Å². The molecule has 22 heavy (non-hydrogen) atoms. The Hall–Kier alpha value is -3.02. The third-order valence-corrected chi connectivity index (χ3v) is 2.38. The SMILES string of the molecule is C=CC.O=C(F)NNC(=O)c1ccc(-c2ccccn2)cc1. The van der Waals surface area contributed by atoms with Gasteiger partial charge in [-0.3, -0.25) is 15.2 Å². The van der Waals surface area contributed by atoms with Gasteiger partial charge in [-0.1, -0.05) is 24.3 Å². The zero-order valence-corrected chi connectivity index (χ0v) is 12.0. The molecule has 0 saturated carbocycles. The maximum atomic E-state index is 11.9. The fourth-order valence-electron chi connectivity index (χ4n) is 1.50. The summed E-state index contributed by atoms with van der Waals surface area (Å²) in [6.45, 7) is 5.25. The second kappa shape index (κ2) is 9.02. The molecule has 2 amide bonds. The number of carbonyl (C=O) groups is 2. The summed E-state index contributed by atoms with van der Waals surface area (Å²) in [6, 6.07) is 12.1. The second-order valence-corrected chi connectivity index (χ2v) is 4.05. The van der Waals surface area contributed by atoms with Crippen LogP contribution in [0.1, 0.15) is 17.3 Å². The van der Waals surface area contributed by atoms with Crippen LogP contribution in [0.3, 0.4) is 0 Å². The third-order valence-electron chi connectivity index (χ3n) is 2.38. The summed E-state index contributed by atoms with van der Waals surface area (Å²) in [5, 5.41) is 0. The van der Waals surface area contributed by atoms with E-state index in [4.69, 9.17) is 0 Å². The van der Waals surface area contributed by atoms with Crippen LogP contribution < -0.4 is 10.9 Å². The fraction of sp³-hybridized carbons (Fsp3) is 0.0625. The number of nitrogens with one attached hydrogen (secondary N) is 2. The molecule has 2 rings (SSSR count). The maximum absolute atomic E-state index is 11.9. The molecule has 5 nitrogen and oxygen atoms in total. The summed E-state index contributed by atoms with van der Waals surface area (Å²) in [7, 11) is 0. The summed E-state index contributed by atoms with van der Waals surface area (Å²) in [6.07, 6.45) is 1.60. The number of benzene rings is 1. The maximum Gasteiger partial charge on any atom is 0.416 e. The van der Waals surface area contributed by atoms with Crippen LogP contribution in [-0.4, -0.2) is 17.1 Å². The molecule has 2 N–H and O–H groups in total. The second-order valence-electron chi connectivity index (χ2n) is 4.05. The lowest BCUT2D eigenvalue weighted by Gasteiger charge is -2.05. The molecule has 0 saturated heterocycles. The molecule has 0 bridgehead atoms. The number of pyridine rings is 1. The van der Waals surface area contributed by atoms with Gasteiger partial charge in [0.15, 0.2) is 0 Å². The van der Waals surface area contributed by atoms with Gasteiger partial charge in [0.05, 0.1) is 5.69 Å². The Kier molecular flexibility index (Phi) is 6.98. The van der Waals surface area contributed by atoms with Crippen molar-refractivity contribution in [1.82, 2.24) is 15.8 Å². The van der Waals surface area contributed by atoms with E-state index < -0.39 is 12.1 Å². The Bertz CT molecular complexity index is 628. The summed E-state index contributed by atoms with van der Waals surface area (Å²) >= 11 is 0. The first-order valence-electron chi connectivity index (χ1n) is 6.42. The molecule has 1 heterocycles. The summed E-state index contributed by atoms with van der Waals surface area (Å²) in [4.78, 5) is 25.7. The Labute approximate surface area is 127 Å². The Morgan fingerprint density at radius 3 is 2.27 bits per heavy atom. The number of hydrogen-bond donors (Lipinski definition) is 2. The van der Waals surface area contributed by atoms with Crippen LogP contribution in [0.5, 0.6) is 0 Å². The topological polar surface area (TPSA) is 71.1 Å². The van der Waals surface area contributed by atoms with Crippen LogP contribution in [0.15, 0.2) is 61.3 Å². The van der Waals surface area contributed by atoms with E-state index in [1.807, 2.05) is 30.5 Å². The predicted octanol–water partition coefficient (Wildman–Crippen LogP) is 3.26. The molecular weight excluding hydrogens is 285 g/mol. The molecule has 0 atom stereocenters. The van der Waals surface area contributed by atoms with Crippen molar-refractivity contribution < 1.29 is 14.0 Å². The van der Waals surface area contributed by atoms with Crippen molar-refractivity contribution in [2.45, 2.75) is 6.92 Å². The summed E-state index contributed by atoms with van der Waals surface area (Å²) in [5.41, 5.74) is 5.44. The monoisotopic (exact) mass is 301 g/mol. The summed E-state index contributed by atoms with van der Waals surface area (Å²) < 4.78 is 11.9. The van der Waals surface area contributed by atoms with Crippen molar-refractivity contribution in [2.75, 3.05) is 0 Å². The van der Waals surface area contributed by atoms with Crippen LogP contribution in [-0.2, 0) is 0 Å². The van der Waals surface area contributed by atoms with Gasteiger partial charge in [-0.25, -0.2) is 10.2 Å². The molecule has 0 aliphatic carbocycles. The Morgan fingerprint density at radius 1 is 1.14 bits per heavy atom. The highest BCUT2D eigenvalue weighted by Gasteiger charge is 2.07. The molecule has 0 spiro atoms. The lowest BCUT2D eigenvalue weighted by Crippen LogP contribution is -2.39. The van der Waals surface area contributed by atoms with Gasteiger partial charge in [0.25, 0.3) is 5.91 Å². The van der Waals surface area contributed by atoms with Crippen LogP contribution in [0.2, 0.25) is 0 Å². The summed E-state index contributed by atoms with van der Waals surface area (Å²) in [5.74, 6) is -0.599. The van der Waals surface area contributed by atoms with Gasteiger partial charge in [0.1, 0.15) is 0 Å². The van der Waals surface area contributed by atoms with Crippen LogP contribution >= 0.6 is 0 Å². The number of rotatable bonds is 2. The van der Waals surface area contributed by atoms with Crippen LogP contribution in [0.25, 0.3) is 11.3 Å². The van der Waals surface area contributed by atoms with Gasteiger partial charge >= 0.3 is 6.16 Å². The van der Waals surface area contributed by atoms with Gasteiger partial charge in [-0.15, -0.1) is 11.0 Å². The molecule has 2 aromatic rings. The first-order valence-corrected chi connectivity index (χ1v) is 6.42. The molecule has 0 aliphatic rings. The van der Waals surface area contributed by atoms with Crippen molar-refractivity contribution in [3.8, 4) is 11.3 Å². The zero-order valence-electron chi connectivity index (χ0n) is 12.0. The average Bonchev–Trinajstić information content (AvgIpc) is 2.54. The average molecular weight is 301 g/mol. The van der Waals surface area contributed by atoms with E-state index in [1.54, 1.807) is 42.0 Å². The van der Waals surface area contributed by atoms with E-state index in [-0.39, 0.29) is 0 Å². The lowest BCUT2D eigenvalue weighted by molar-refractivity contribution is 0.0932. The highest BCUT2D eigenvalue weighted by atomic mass is 19.1. The number of nitrogens with zero attached hydrogens (tertiary/aromatic N) is 1. The zero-order chi connectivity index (χ0) is 16.4. The van der Waals surface area contributed by atoms with Gasteiger partial charge in [0, 0.05) is 17.3 Å². The van der Waals surface area contributed by atoms with Gasteiger partial charge in [-0.2, -0.15) is 0 Å². The number of amides is 2. The minimum absolute atomic E-state index is 0.299. The quantitative estimate of drug-likeness (QED) is 0.387. The van der Waals surface area contributed by atoms with E-state index in [9.17, 15) is 14.0 Å². The molecular formula is C16H16FN3O2. The molecule has 0 fully saturated rings. The van der Waals surface area contributed by atoms with E-state index in [0.717, 1.165) is 11.3 Å². The van der Waals surface area contributed by atoms with E-state index in [2.05, 4.69) is 11.6 Å². The van der Waals surface area contributed by atoms with Crippen molar-refractivity contribution in [3.63, 3.8) is 0 Å². The van der Waals surface area contributed by atoms with Crippen molar-refractivity contribution in [2.24, 2.45) is 0 Å². The molecule has 6 heteroatoms. The van der Waals surface area contributed by atoms with E-state index in [0.29, 0.717) is 5.56 Å². The smallest absolute Gasteiger partial charge is 0.267 e. The standard InChI is InChI=1S/C13H10FN3O2.C3H6/c14-13(19)17-16-12(18)10-6-4-9(5-7-10)11-3-1-2-8-15-11;1-3-2/h1-8H,(H,16,18)(H,17,19);3H,1H2,2H3. The molecule has 0 aliphatic heterocycles. The number of allylic oxidation sites excluding steroid dienone is 1.